The van der Waals surface area contributed by atoms with E-state index in [0.29, 0.717) is 29.8 Å². The monoisotopic (exact) mass is 441 g/mol. The van der Waals surface area contributed by atoms with Crippen LogP contribution in [0.25, 0.3) is 11.3 Å². The van der Waals surface area contributed by atoms with Crippen molar-refractivity contribution in [1.82, 2.24) is 4.98 Å². The number of nitrogens with one attached hydrogen (secondary N) is 1. The van der Waals surface area contributed by atoms with Crippen LogP contribution in [0.3, 0.4) is 0 Å². The number of allylic oxidation sites excluding steroid dienone is 3. The van der Waals surface area contributed by atoms with E-state index in [1.165, 1.54) is 12.1 Å². The van der Waals surface area contributed by atoms with Crippen LogP contribution in [0.1, 0.15) is 44.4 Å². The maximum absolute atomic E-state index is 13.9. The molecular weight excluding hydrogens is 421 g/mol. The summed E-state index contributed by atoms with van der Waals surface area (Å²) in [6.45, 7) is 3.76. The van der Waals surface area contributed by atoms with Gasteiger partial charge in [-0.25, -0.2) is 4.39 Å². The van der Waals surface area contributed by atoms with E-state index in [1.54, 1.807) is 12.3 Å². The summed E-state index contributed by atoms with van der Waals surface area (Å²) in [6, 6.07) is 8.17. The molecule has 0 radical (unpaired) electrons. The number of halogens is 2. The number of anilines is 1. The van der Waals surface area contributed by atoms with Gasteiger partial charge in [-0.05, 0) is 73.0 Å². The third-order valence-corrected chi connectivity index (χ3v) is 4.91. The summed E-state index contributed by atoms with van der Waals surface area (Å²) >= 11 is 3.41. The molecule has 1 aromatic carbocycles. The van der Waals surface area contributed by atoms with Gasteiger partial charge in [0.25, 0.3) is 0 Å². The Balaban J connectivity index is 2.13. The predicted octanol–water partition coefficient (Wildman–Crippen LogP) is 6.01. The molecule has 4 nitrogen and oxygen atoms in total. The third-order valence-electron chi connectivity index (χ3n) is 4.44. The van der Waals surface area contributed by atoms with Gasteiger partial charge in [0.05, 0.1) is 17.1 Å². The van der Waals surface area contributed by atoms with Gasteiger partial charge in [0, 0.05) is 33.9 Å². The minimum Gasteiger partial charge on any atom is -0.325 e. The molecule has 1 aromatic heterocycles. The Hall–Kier alpha value is -2.60. The molecule has 0 atom stereocenters. The van der Waals surface area contributed by atoms with Gasteiger partial charge in [0.1, 0.15) is 5.82 Å². The molecule has 6 heteroatoms. The number of aromatic nitrogens is 1. The Kier molecular flexibility index (Phi) is 6.52. The summed E-state index contributed by atoms with van der Waals surface area (Å²) in [7, 11) is 0. The molecular formula is C22H21BrFN3O. The molecule has 2 aromatic rings. The lowest BCUT2D eigenvalue weighted by atomic mass is 10.0. The van der Waals surface area contributed by atoms with Crippen molar-refractivity contribution < 1.29 is 9.18 Å². The summed E-state index contributed by atoms with van der Waals surface area (Å²) in [6.07, 6.45) is 7.43. The van der Waals surface area contributed by atoms with E-state index in [9.17, 15) is 9.18 Å². The predicted molar refractivity (Wildman–Crippen MR) is 116 cm³/mol. The van der Waals surface area contributed by atoms with E-state index < -0.39 is 0 Å². The molecule has 0 fully saturated rings. The molecule has 0 aliphatic carbocycles. The third kappa shape index (κ3) is 4.81. The van der Waals surface area contributed by atoms with Crippen molar-refractivity contribution in [1.29, 1.82) is 0 Å². The molecule has 3 rings (SSSR count). The number of carbonyl (C=O) groups is 1. The van der Waals surface area contributed by atoms with Gasteiger partial charge in [-0.15, -0.1) is 0 Å². The molecule has 144 valence electrons. The van der Waals surface area contributed by atoms with Crippen LogP contribution in [-0.4, -0.2) is 16.6 Å². The molecule has 0 unspecified atom stereocenters. The summed E-state index contributed by atoms with van der Waals surface area (Å²) in [5, 5.41) is 2.88. The average molecular weight is 442 g/mol. The van der Waals surface area contributed by atoms with E-state index in [4.69, 9.17) is 4.99 Å². The fourth-order valence-corrected chi connectivity index (χ4v) is 3.29. The fraction of sp³-hybridized carbons (Fsp3) is 0.227. The van der Waals surface area contributed by atoms with Crippen LogP contribution in [-0.2, 0) is 4.79 Å². The van der Waals surface area contributed by atoms with Crippen molar-refractivity contribution in [3.05, 3.63) is 70.2 Å². The van der Waals surface area contributed by atoms with Crippen LogP contribution in [0.2, 0.25) is 0 Å². The molecule has 1 N–H and O–H groups in total. The van der Waals surface area contributed by atoms with Crippen LogP contribution in [0, 0.1) is 5.82 Å². The van der Waals surface area contributed by atoms with Crippen LogP contribution in [0.15, 0.2) is 58.1 Å². The Labute approximate surface area is 172 Å². The van der Waals surface area contributed by atoms with Crippen LogP contribution in [0.5, 0.6) is 0 Å². The lowest BCUT2D eigenvalue weighted by Crippen LogP contribution is -2.13. The number of nitrogens with zero attached hydrogens (tertiary/aromatic N) is 2. The van der Waals surface area contributed by atoms with Crippen molar-refractivity contribution >= 4 is 44.5 Å². The maximum Gasteiger partial charge on any atom is 0.224 e. The van der Waals surface area contributed by atoms with Crippen molar-refractivity contribution in [3.8, 4) is 0 Å². The molecule has 1 aliphatic heterocycles. The first-order valence-electron chi connectivity index (χ1n) is 9.12. The van der Waals surface area contributed by atoms with Crippen LogP contribution < -0.4 is 5.32 Å². The second-order valence-corrected chi connectivity index (χ2v) is 7.40. The Morgan fingerprint density at radius 2 is 2.07 bits per heavy atom. The first-order chi connectivity index (χ1) is 13.5. The highest BCUT2D eigenvalue weighted by Gasteiger charge is 2.15. The van der Waals surface area contributed by atoms with Gasteiger partial charge in [0.15, 0.2) is 0 Å². The molecule has 0 saturated heterocycles. The Morgan fingerprint density at radius 3 is 2.79 bits per heavy atom. The van der Waals surface area contributed by atoms with Gasteiger partial charge in [-0.1, -0.05) is 12.2 Å². The minimum atomic E-state index is -0.377. The van der Waals surface area contributed by atoms with E-state index in [1.807, 2.05) is 32.1 Å². The molecule has 28 heavy (non-hydrogen) atoms. The number of hydrogen-bond donors (Lipinski definition) is 1. The number of benzene rings is 1. The zero-order valence-corrected chi connectivity index (χ0v) is 17.4. The van der Waals surface area contributed by atoms with Crippen molar-refractivity contribution in [2.75, 3.05) is 5.32 Å². The van der Waals surface area contributed by atoms with Gasteiger partial charge < -0.3 is 5.32 Å². The van der Waals surface area contributed by atoms with Crippen molar-refractivity contribution in [2.45, 2.75) is 33.1 Å². The SMILES string of the molecule is C\C=C1/N=C(C)\C(c2ccc(Br)cn2)=C/CCCC(=O)Nc2ccc(F)cc21. The number of hydrogen-bond acceptors (Lipinski definition) is 3. The second-order valence-electron chi connectivity index (χ2n) is 6.48. The summed E-state index contributed by atoms with van der Waals surface area (Å²) in [4.78, 5) is 21.5. The number of rotatable bonds is 1. The van der Waals surface area contributed by atoms with Gasteiger partial charge in [0.2, 0.25) is 5.91 Å². The quantitative estimate of drug-likeness (QED) is 0.588. The van der Waals surface area contributed by atoms with Gasteiger partial charge in [-0.2, -0.15) is 0 Å². The van der Waals surface area contributed by atoms with Crippen molar-refractivity contribution in [3.63, 3.8) is 0 Å². The normalized spacial score (nSPS) is 20.7. The number of aliphatic imine (C=N–C) groups is 1. The first kappa shape index (κ1) is 20.1. The lowest BCUT2D eigenvalue weighted by Gasteiger charge is -2.15. The average Bonchev–Trinajstić information content (AvgIpc) is 2.67. The van der Waals surface area contributed by atoms with Crippen molar-refractivity contribution in [2.24, 2.45) is 4.99 Å². The maximum atomic E-state index is 13.9. The highest BCUT2D eigenvalue weighted by atomic mass is 79.9. The molecule has 0 spiro atoms. The molecule has 1 aliphatic rings. The number of pyridine rings is 1. The smallest absolute Gasteiger partial charge is 0.224 e. The molecule has 0 saturated carbocycles. The van der Waals surface area contributed by atoms with E-state index >= 15 is 0 Å². The largest absolute Gasteiger partial charge is 0.325 e. The van der Waals surface area contributed by atoms with Gasteiger partial charge >= 0.3 is 0 Å². The van der Waals surface area contributed by atoms with Gasteiger partial charge in [-0.3, -0.25) is 14.8 Å². The molecule has 1 amide bonds. The summed E-state index contributed by atoms with van der Waals surface area (Å²) in [5.41, 5.74) is 4.20. The number of fused-ring (bicyclic) bond motifs is 1. The van der Waals surface area contributed by atoms with E-state index in [2.05, 4.69) is 32.3 Å². The highest BCUT2D eigenvalue weighted by Crippen LogP contribution is 2.29. The van der Waals surface area contributed by atoms with Crippen LogP contribution in [0.4, 0.5) is 10.1 Å². The molecule has 0 bridgehead atoms. The summed E-state index contributed by atoms with van der Waals surface area (Å²) < 4.78 is 14.8. The van der Waals surface area contributed by atoms with Crippen LogP contribution >= 0.6 is 15.9 Å². The summed E-state index contributed by atoms with van der Waals surface area (Å²) in [5.74, 6) is -0.473. The second kappa shape index (κ2) is 9.06. The number of carbonyl (C=O) groups excluding carboxylic acids is 1. The Morgan fingerprint density at radius 1 is 1.25 bits per heavy atom. The van der Waals surface area contributed by atoms with E-state index in [-0.39, 0.29) is 11.7 Å². The highest BCUT2D eigenvalue weighted by molar-refractivity contribution is 9.10. The first-order valence-corrected chi connectivity index (χ1v) is 9.91. The fourth-order valence-electron chi connectivity index (χ4n) is 3.05. The topological polar surface area (TPSA) is 54.4 Å². The Bertz CT molecular complexity index is 978. The minimum absolute atomic E-state index is 0.0960. The lowest BCUT2D eigenvalue weighted by molar-refractivity contribution is -0.116. The van der Waals surface area contributed by atoms with E-state index in [0.717, 1.165) is 27.9 Å². The standard InChI is InChI=1S/C22H21BrFN3O/c1-3-19-18-12-16(24)9-11-21(18)27-22(28)7-5-4-6-17(14(2)26-19)20-10-8-15(23)13-25-20/h3,6,8-13H,4-5,7H2,1-2H3,(H,27,28)/b17-6+,19-3-,26-14-. The zero-order valence-electron chi connectivity index (χ0n) is 15.8. The molecule has 2 heterocycles. The zero-order chi connectivity index (χ0) is 20.1. The number of amides is 1.